The number of urea groups is 1. The summed E-state index contributed by atoms with van der Waals surface area (Å²) in [5, 5.41) is 3.45. The molecule has 2 heterocycles. The van der Waals surface area contributed by atoms with Gasteiger partial charge in [0.05, 0.1) is 18.8 Å². The molecule has 2 aliphatic rings. The lowest BCUT2D eigenvalue weighted by atomic mass is 9.93. The first-order chi connectivity index (χ1) is 10.2. The van der Waals surface area contributed by atoms with Crippen LogP contribution in [0, 0.1) is 0 Å². The van der Waals surface area contributed by atoms with Crippen molar-refractivity contribution in [2.45, 2.75) is 50.6 Å². The molecule has 3 rings (SSSR count). The molecular weight excluding hydrogens is 310 g/mol. The van der Waals surface area contributed by atoms with Gasteiger partial charge in [0.1, 0.15) is 4.34 Å². The molecule has 2 fully saturated rings. The summed E-state index contributed by atoms with van der Waals surface area (Å²) >= 11 is 7.16. The van der Waals surface area contributed by atoms with Gasteiger partial charge < -0.3 is 9.64 Å². The lowest BCUT2D eigenvalue weighted by Gasteiger charge is -2.37. The molecule has 0 spiro atoms. The van der Waals surface area contributed by atoms with Crippen LogP contribution < -0.4 is 5.32 Å². The molecule has 116 valence electrons. The summed E-state index contributed by atoms with van der Waals surface area (Å²) in [5.41, 5.74) is 0. The Hall–Kier alpha value is -0.850. The van der Waals surface area contributed by atoms with Gasteiger partial charge in [-0.3, -0.25) is 5.32 Å². The largest absolute Gasteiger partial charge is 0.379 e. The van der Waals surface area contributed by atoms with Crippen molar-refractivity contribution in [3.8, 4) is 0 Å². The Balaban J connectivity index is 1.71. The van der Waals surface area contributed by atoms with E-state index in [2.05, 4.69) is 10.3 Å². The number of carbonyl (C=O) groups excluding carboxylic acids is 1. The molecular formula is C14H20ClN3O2S. The summed E-state index contributed by atoms with van der Waals surface area (Å²) in [4.78, 5) is 18.8. The second kappa shape index (κ2) is 6.94. The second-order valence-corrected chi connectivity index (χ2v) is 7.28. The summed E-state index contributed by atoms with van der Waals surface area (Å²) in [7, 11) is 0. The Kier molecular flexibility index (Phi) is 4.98. The number of anilines is 1. The van der Waals surface area contributed by atoms with Crippen LogP contribution in [0.2, 0.25) is 4.34 Å². The van der Waals surface area contributed by atoms with E-state index in [4.69, 9.17) is 16.3 Å². The zero-order chi connectivity index (χ0) is 14.7. The lowest BCUT2D eigenvalue weighted by Crippen LogP contribution is -2.50. The molecule has 21 heavy (non-hydrogen) atoms. The van der Waals surface area contributed by atoms with Gasteiger partial charge in [0, 0.05) is 12.6 Å². The second-order valence-electron chi connectivity index (χ2n) is 5.62. The number of thiazole rings is 1. The Labute approximate surface area is 133 Å². The summed E-state index contributed by atoms with van der Waals surface area (Å²) in [6.07, 6.45) is 8.32. The number of ether oxygens (including phenoxy) is 1. The van der Waals surface area contributed by atoms with Crippen LogP contribution in [0.25, 0.3) is 0 Å². The minimum absolute atomic E-state index is 0.0663. The topological polar surface area (TPSA) is 54.5 Å². The fourth-order valence-corrected chi connectivity index (χ4v) is 4.00. The summed E-state index contributed by atoms with van der Waals surface area (Å²) in [6, 6.07) is 0.438. The third-order valence-electron chi connectivity index (χ3n) is 4.19. The number of hydrogen-bond donors (Lipinski definition) is 1. The minimum atomic E-state index is -0.0663. The quantitative estimate of drug-likeness (QED) is 0.918. The summed E-state index contributed by atoms with van der Waals surface area (Å²) in [5.74, 6) is 0. The molecule has 1 aliphatic carbocycles. The number of carbonyl (C=O) groups is 1. The van der Waals surface area contributed by atoms with Crippen molar-refractivity contribution in [3.05, 3.63) is 10.5 Å². The van der Waals surface area contributed by atoms with Crippen LogP contribution >= 0.6 is 22.9 Å². The highest BCUT2D eigenvalue weighted by atomic mass is 35.5. The Morgan fingerprint density at radius 3 is 2.76 bits per heavy atom. The fraction of sp³-hybridized carbons (Fsp3) is 0.714. The van der Waals surface area contributed by atoms with Gasteiger partial charge >= 0.3 is 6.03 Å². The SMILES string of the molecule is O=C(Nc1ncc(Cl)s1)N(C1CCCCC1)[C@@H]1CCOC1. The van der Waals surface area contributed by atoms with Crippen LogP contribution in [-0.4, -0.2) is 41.2 Å². The predicted molar refractivity (Wildman–Crippen MR) is 84.1 cm³/mol. The van der Waals surface area contributed by atoms with Gasteiger partial charge in [-0.2, -0.15) is 0 Å². The van der Waals surface area contributed by atoms with Crippen LogP contribution in [0.15, 0.2) is 6.20 Å². The van der Waals surface area contributed by atoms with E-state index in [1.54, 1.807) is 6.20 Å². The van der Waals surface area contributed by atoms with Crippen molar-refractivity contribution in [1.82, 2.24) is 9.88 Å². The van der Waals surface area contributed by atoms with Gasteiger partial charge in [0.25, 0.3) is 0 Å². The maximum Gasteiger partial charge on any atom is 0.324 e. The molecule has 5 nitrogen and oxygen atoms in total. The fourth-order valence-electron chi connectivity index (χ4n) is 3.20. The van der Waals surface area contributed by atoms with Crippen molar-refractivity contribution < 1.29 is 9.53 Å². The molecule has 0 bridgehead atoms. The van der Waals surface area contributed by atoms with E-state index < -0.39 is 0 Å². The van der Waals surface area contributed by atoms with E-state index in [0.29, 0.717) is 22.1 Å². The molecule has 1 aromatic heterocycles. The first-order valence-electron chi connectivity index (χ1n) is 7.52. The molecule has 1 saturated carbocycles. The molecule has 0 radical (unpaired) electrons. The van der Waals surface area contributed by atoms with Gasteiger partial charge in [0.2, 0.25) is 0 Å². The first-order valence-corrected chi connectivity index (χ1v) is 8.72. The maximum atomic E-state index is 12.7. The monoisotopic (exact) mass is 329 g/mol. The van der Waals surface area contributed by atoms with Gasteiger partial charge in [-0.25, -0.2) is 9.78 Å². The van der Waals surface area contributed by atoms with Crippen molar-refractivity contribution >= 4 is 34.1 Å². The number of nitrogens with one attached hydrogen (secondary N) is 1. The van der Waals surface area contributed by atoms with Gasteiger partial charge in [-0.1, -0.05) is 42.2 Å². The molecule has 7 heteroatoms. The third kappa shape index (κ3) is 3.67. The Morgan fingerprint density at radius 2 is 2.14 bits per heavy atom. The van der Waals surface area contributed by atoms with E-state index in [9.17, 15) is 4.79 Å². The number of halogens is 1. The van der Waals surface area contributed by atoms with Gasteiger partial charge in [-0.05, 0) is 19.3 Å². The zero-order valence-electron chi connectivity index (χ0n) is 11.9. The molecule has 0 aromatic carbocycles. The van der Waals surface area contributed by atoms with Gasteiger partial charge in [0.15, 0.2) is 5.13 Å². The molecule has 1 N–H and O–H groups in total. The molecule has 1 aromatic rings. The lowest BCUT2D eigenvalue weighted by molar-refractivity contribution is 0.115. The van der Waals surface area contributed by atoms with Crippen molar-refractivity contribution in [3.63, 3.8) is 0 Å². The average molecular weight is 330 g/mol. The maximum absolute atomic E-state index is 12.7. The van der Waals surface area contributed by atoms with E-state index in [-0.39, 0.29) is 12.1 Å². The average Bonchev–Trinajstić information content (AvgIpc) is 3.13. The minimum Gasteiger partial charge on any atom is -0.379 e. The molecule has 1 saturated heterocycles. The molecule has 0 unspecified atom stereocenters. The summed E-state index contributed by atoms with van der Waals surface area (Å²) in [6.45, 7) is 1.38. The van der Waals surface area contributed by atoms with Crippen LogP contribution in [0.4, 0.5) is 9.93 Å². The summed E-state index contributed by atoms with van der Waals surface area (Å²) < 4.78 is 6.06. The van der Waals surface area contributed by atoms with Crippen molar-refractivity contribution in [1.29, 1.82) is 0 Å². The van der Waals surface area contributed by atoms with E-state index in [0.717, 1.165) is 25.9 Å². The number of nitrogens with zero attached hydrogens (tertiary/aromatic N) is 2. The smallest absolute Gasteiger partial charge is 0.324 e. The molecule has 2 amide bonds. The van der Waals surface area contributed by atoms with Crippen LogP contribution in [0.1, 0.15) is 38.5 Å². The van der Waals surface area contributed by atoms with Crippen LogP contribution in [0.3, 0.4) is 0 Å². The van der Waals surface area contributed by atoms with E-state index >= 15 is 0 Å². The van der Waals surface area contributed by atoms with Gasteiger partial charge in [-0.15, -0.1) is 0 Å². The standard InChI is InChI=1S/C14H20ClN3O2S/c15-12-8-16-13(21-12)17-14(19)18(11-6-7-20-9-11)10-4-2-1-3-5-10/h8,10-11H,1-7,9H2,(H,16,17,19)/t11-/m1/s1. The number of amides is 2. The van der Waals surface area contributed by atoms with Crippen LogP contribution in [0.5, 0.6) is 0 Å². The highest BCUT2D eigenvalue weighted by Crippen LogP contribution is 2.28. The Bertz CT molecular complexity index is 484. The number of hydrogen-bond acceptors (Lipinski definition) is 4. The van der Waals surface area contributed by atoms with Crippen LogP contribution in [-0.2, 0) is 4.74 Å². The Morgan fingerprint density at radius 1 is 1.33 bits per heavy atom. The predicted octanol–water partition coefficient (Wildman–Crippen LogP) is 3.75. The number of aromatic nitrogens is 1. The first kappa shape index (κ1) is 15.1. The molecule has 1 aliphatic heterocycles. The zero-order valence-corrected chi connectivity index (χ0v) is 13.5. The molecule has 1 atom stereocenters. The highest BCUT2D eigenvalue weighted by Gasteiger charge is 2.34. The third-order valence-corrected chi connectivity index (χ3v) is 5.22. The normalized spacial score (nSPS) is 23.2. The van der Waals surface area contributed by atoms with E-state index in [1.165, 1.54) is 30.6 Å². The van der Waals surface area contributed by atoms with E-state index in [1.807, 2.05) is 4.90 Å². The van der Waals surface area contributed by atoms with Crippen molar-refractivity contribution in [2.24, 2.45) is 0 Å². The highest BCUT2D eigenvalue weighted by molar-refractivity contribution is 7.19. The number of rotatable bonds is 3. The van der Waals surface area contributed by atoms with Crippen molar-refractivity contribution in [2.75, 3.05) is 18.5 Å².